The first-order valence-corrected chi connectivity index (χ1v) is 13.3. The second kappa shape index (κ2) is 9.86. The number of aromatic hydroxyl groups is 1. The lowest BCUT2D eigenvalue weighted by Gasteiger charge is -2.30. The summed E-state index contributed by atoms with van der Waals surface area (Å²) in [5.41, 5.74) is -1.02. The zero-order chi connectivity index (χ0) is 29.1. The number of halogens is 4. The lowest BCUT2D eigenvalue weighted by molar-refractivity contribution is 0.0367. The molecule has 12 heteroatoms. The maximum atomic E-state index is 15.0. The van der Waals surface area contributed by atoms with Crippen LogP contribution in [0.3, 0.4) is 0 Å². The average molecular weight is 573 g/mol. The average Bonchev–Trinajstić information content (AvgIpc) is 3.42. The van der Waals surface area contributed by atoms with Gasteiger partial charge in [0.25, 0.3) is 5.92 Å². The minimum atomic E-state index is -3.13. The van der Waals surface area contributed by atoms with E-state index in [1.807, 2.05) is 0 Å². The number of anilines is 1. The fraction of sp³-hybridized carbons (Fsp3) is 0.414. The van der Waals surface area contributed by atoms with Crippen LogP contribution >= 0.6 is 0 Å². The Hall–Kier alpha value is -3.93. The monoisotopic (exact) mass is 572 g/mol. The van der Waals surface area contributed by atoms with E-state index in [9.17, 15) is 27.5 Å². The molecule has 2 fully saturated rings. The summed E-state index contributed by atoms with van der Waals surface area (Å²) in [4.78, 5) is 24.1. The Labute approximate surface area is 232 Å². The molecule has 2 aromatic heterocycles. The van der Waals surface area contributed by atoms with Gasteiger partial charge in [-0.3, -0.25) is 4.90 Å². The van der Waals surface area contributed by atoms with Crippen LogP contribution < -0.4 is 15.7 Å². The normalized spacial score (nSPS) is 21.1. The molecule has 0 amide bonds. The molecule has 2 N–H and O–H groups in total. The molecule has 0 spiro atoms. The molecule has 2 saturated heterocycles. The van der Waals surface area contributed by atoms with E-state index in [1.54, 1.807) is 13.0 Å². The number of nitrogens with one attached hydrogen (secondary N) is 1. The summed E-state index contributed by atoms with van der Waals surface area (Å²) in [5.74, 6) is -4.17. The van der Waals surface area contributed by atoms with Crippen molar-refractivity contribution in [2.75, 3.05) is 31.6 Å². The predicted molar refractivity (Wildman–Crippen MR) is 145 cm³/mol. The van der Waals surface area contributed by atoms with Crippen LogP contribution in [-0.2, 0) is 0 Å². The van der Waals surface area contributed by atoms with Crippen LogP contribution in [0.2, 0.25) is 0 Å². The number of alkyl halides is 3. The Morgan fingerprint density at radius 3 is 2.85 bits per heavy atom. The van der Waals surface area contributed by atoms with Crippen LogP contribution in [0.4, 0.5) is 23.4 Å². The van der Waals surface area contributed by atoms with Crippen LogP contribution in [0.15, 0.2) is 39.5 Å². The second-order valence-electron chi connectivity index (χ2n) is 11.0. The lowest BCUT2D eigenvalue weighted by Crippen LogP contribution is -2.43. The van der Waals surface area contributed by atoms with E-state index in [0.29, 0.717) is 18.4 Å². The third-order valence-electron chi connectivity index (χ3n) is 7.94. The van der Waals surface area contributed by atoms with Crippen molar-refractivity contribution in [2.45, 2.75) is 50.7 Å². The van der Waals surface area contributed by atoms with Crippen LogP contribution in [0.5, 0.6) is 11.8 Å². The van der Waals surface area contributed by atoms with Gasteiger partial charge in [-0.25, -0.2) is 22.4 Å². The third kappa shape index (κ3) is 4.94. The molecule has 0 bridgehead atoms. The molecule has 41 heavy (non-hydrogen) atoms. The molecule has 2 aliphatic rings. The topological polar surface area (TPSA) is 101 Å². The van der Waals surface area contributed by atoms with Crippen molar-refractivity contribution in [3.05, 3.63) is 52.1 Å². The predicted octanol–water partition coefficient (Wildman–Crippen LogP) is 5.58. The number of phenolic OH excluding ortho intramolecular Hbond substituents is 1. The summed E-state index contributed by atoms with van der Waals surface area (Å²) in [7, 11) is 0. The van der Waals surface area contributed by atoms with Gasteiger partial charge in [0.1, 0.15) is 41.3 Å². The highest BCUT2D eigenvalue weighted by atomic mass is 19.3. The second-order valence-corrected chi connectivity index (χ2v) is 11.0. The van der Waals surface area contributed by atoms with E-state index >= 15 is 0 Å². The maximum absolute atomic E-state index is 15.0. The highest BCUT2D eigenvalue weighted by Gasteiger charge is 2.49. The largest absolute Gasteiger partial charge is 0.508 e. The number of ether oxygens (including phenoxy) is 1. The van der Waals surface area contributed by atoms with Crippen molar-refractivity contribution in [1.82, 2.24) is 14.9 Å². The maximum Gasteiger partial charge on any atom is 0.349 e. The van der Waals surface area contributed by atoms with Crippen LogP contribution in [0.1, 0.15) is 31.7 Å². The van der Waals surface area contributed by atoms with Gasteiger partial charge >= 0.3 is 11.6 Å². The molecule has 0 unspecified atom stereocenters. The first kappa shape index (κ1) is 27.3. The third-order valence-corrected chi connectivity index (χ3v) is 7.94. The molecule has 2 atom stereocenters. The van der Waals surface area contributed by atoms with Crippen LogP contribution in [0.25, 0.3) is 33.0 Å². The van der Waals surface area contributed by atoms with Crippen molar-refractivity contribution in [1.29, 1.82) is 0 Å². The van der Waals surface area contributed by atoms with Gasteiger partial charge in [-0.1, -0.05) is 12.1 Å². The Morgan fingerprint density at radius 1 is 1.27 bits per heavy atom. The van der Waals surface area contributed by atoms with E-state index in [0.717, 1.165) is 26.3 Å². The molecule has 0 radical (unpaired) electrons. The number of aryl methyl sites for hydroxylation is 1. The van der Waals surface area contributed by atoms with Gasteiger partial charge < -0.3 is 19.6 Å². The Kier molecular flexibility index (Phi) is 6.55. The van der Waals surface area contributed by atoms with E-state index in [2.05, 4.69) is 20.2 Å². The first-order chi connectivity index (χ1) is 19.4. The van der Waals surface area contributed by atoms with Crippen LogP contribution in [0, 0.1) is 12.7 Å². The minimum absolute atomic E-state index is 0.0477. The van der Waals surface area contributed by atoms with Crippen LogP contribution in [-0.4, -0.2) is 63.8 Å². The summed E-state index contributed by atoms with van der Waals surface area (Å²) in [6, 6.07) is 6.81. The van der Waals surface area contributed by atoms with Gasteiger partial charge in [-0.05, 0) is 49.9 Å². The number of aromatic nitrogens is 2. The summed E-state index contributed by atoms with van der Waals surface area (Å²) in [6.07, 6.45) is 0.950. The summed E-state index contributed by atoms with van der Waals surface area (Å²) in [6.45, 7) is 2.61. The molecule has 4 aromatic rings. The molecule has 0 saturated carbocycles. The van der Waals surface area contributed by atoms with Gasteiger partial charge in [0.2, 0.25) is 0 Å². The van der Waals surface area contributed by atoms with Gasteiger partial charge in [0, 0.05) is 36.4 Å². The molecule has 2 aliphatic heterocycles. The summed E-state index contributed by atoms with van der Waals surface area (Å²) >= 11 is 0. The smallest absolute Gasteiger partial charge is 0.349 e. The quantitative estimate of drug-likeness (QED) is 0.277. The number of rotatable bonds is 7. The molecule has 216 valence electrons. The van der Waals surface area contributed by atoms with Gasteiger partial charge in [-0.15, -0.1) is 0 Å². The van der Waals surface area contributed by atoms with Gasteiger partial charge in [0.05, 0.1) is 17.6 Å². The van der Waals surface area contributed by atoms with Crippen molar-refractivity contribution in [3.63, 3.8) is 0 Å². The SMILES string of the molecule is Cc1c(-c2cc(O)cc3cccc(F)c23)oc(=O)c2c(NCC(C)(F)F)nc(OC[C@@]34CCCN3C[C@H](F)C4)nc12. The molecular formula is C29H28F4N4O4. The molecule has 8 nitrogen and oxygen atoms in total. The van der Waals surface area contributed by atoms with Gasteiger partial charge in [-0.2, -0.15) is 9.97 Å². The number of phenols is 1. The first-order valence-electron chi connectivity index (χ1n) is 13.3. The number of benzene rings is 2. The fourth-order valence-corrected chi connectivity index (χ4v) is 6.11. The zero-order valence-corrected chi connectivity index (χ0v) is 22.4. The zero-order valence-electron chi connectivity index (χ0n) is 22.4. The number of hydrogen-bond donors (Lipinski definition) is 2. The number of nitrogens with zero attached hydrogens (tertiary/aromatic N) is 3. The summed E-state index contributed by atoms with van der Waals surface area (Å²) < 4.78 is 68.4. The molecule has 2 aromatic carbocycles. The lowest BCUT2D eigenvalue weighted by atomic mass is 9.95. The molecular weight excluding hydrogens is 544 g/mol. The summed E-state index contributed by atoms with van der Waals surface area (Å²) in [5, 5.41) is 13.2. The van der Waals surface area contributed by atoms with Crippen molar-refractivity contribution in [3.8, 4) is 23.1 Å². The van der Waals surface area contributed by atoms with Gasteiger partial charge in [0.15, 0.2) is 0 Å². The number of fused-ring (bicyclic) bond motifs is 3. The van der Waals surface area contributed by atoms with Crippen molar-refractivity contribution >= 4 is 27.5 Å². The highest BCUT2D eigenvalue weighted by molar-refractivity contribution is 6.00. The standard InChI is InChI=1S/C29H28F4N4O4/c1-15-23-22(26(39)41-24(15)19-10-18(38)9-16-5-3-6-20(31)21(16)19)25(34-13-28(2,32)33)36-27(35-23)40-14-29-7-4-8-37(29)12-17(30)11-29/h3,5-6,9-10,17,38H,4,7-8,11-14H2,1-2H3,(H,34,35,36)/t17-,29+/m1/s1. The number of hydrogen-bond acceptors (Lipinski definition) is 8. The Bertz CT molecular complexity index is 1720. The van der Waals surface area contributed by atoms with E-state index in [-0.39, 0.29) is 57.4 Å². The van der Waals surface area contributed by atoms with Crippen molar-refractivity contribution < 1.29 is 31.8 Å². The van der Waals surface area contributed by atoms with Crippen molar-refractivity contribution in [2.24, 2.45) is 0 Å². The Balaban J connectivity index is 1.50. The molecule has 6 rings (SSSR count). The Morgan fingerprint density at radius 2 is 2.07 bits per heavy atom. The fourth-order valence-electron chi connectivity index (χ4n) is 6.11. The van der Waals surface area contributed by atoms with E-state index in [1.165, 1.54) is 24.3 Å². The minimum Gasteiger partial charge on any atom is -0.508 e. The molecule has 4 heterocycles. The molecule has 0 aliphatic carbocycles. The van der Waals surface area contributed by atoms with E-state index in [4.69, 9.17) is 9.15 Å². The highest BCUT2D eigenvalue weighted by Crippen LogP contribution is 2.41. The van der Waals surface area contributed by atoms with E-state index < -0.39 is 35.6 Å².